The minimum Gasteiger partial charge on any atom is -0.346 e. The van der Waals surface area contributed by atoms with Crippen molar-refractivity contribution in [3.8, 4) is 0 Å². The van der Waals surface area contributed by atoms with Crippen molar-refractivity contribution in [2.75, 3.05) is 0 Å². The number of Topliss-reactive ketones (excluding diaryl/α,β-unsaturated/α-hetero) is 1. The Morgan fingerprint density at radius 1 is 1.43 bits per heavy atom. The molecule has 0 spiro atoms. The van der Waals surface area contributed by atoms with E-state index in [9.17, 15) is 9.59 Å². The van der Waals surface area contributed by atoms with Crippen molar-refractivity contribution >= 4 is 11.7 Å². The van der Waals surface area contributed by atoms with Crippen LogP contribution in [0.5, 0.6) is 0 Å². The van der Waals surface area contributed by atoms with Crippen LogP contribution in [0.15, 0.2) is 0 Å². The number of ketones is 1. The van der Waals surface area contributed by atoms with Gasteiger partial charge < -0.3 is 5.32 Å². The summed E-state index contributed by atoms with van der Waals surface area (Å²) < 4.78 is 0. The van der Waals surface area contributed by atoms with Crippen LogP contribution in [0, 0.1) is 17.8 Å². The van der Waals surface area contributed by atoms with Gasteiger partial charge in [-0.05, 0) is 11.8 Å². The Balaban J connectivity index is 2.62. The highest BCUT2D eigenvalue weighted by Gasteiger charge is 2.39. The van der Waals surface area contributed by atoms with Crippen molar-refractivity contribution in [2.24, 2.45) is 17.8 Å². The first-order chi connectivity index (χ1) is 6.43. The predicted octanol–water partition coefficient (Wildman–Crippen LogP) is 1.37. The molecule has 0 radical (unpaired) electrons. The quantitative estimate of drug-likeness (QED) is 0.742. The van der Waals surface area contributed by atoms with Gasteiger partial charge in [-0.3, -0.25) is 9.59 Å². The van der Waals surface area contributed by atoms with Gasteiger partial charge in [0.05, 0.1) is 6.04 Å². The maximum atomic E-state index is 11.7. The van der Waals surface area contributed by atoms with E-state index in [1.165, 1.54) is 0 Å². The average Bonchev–Trinajstić information content (AvgIpc) is 2.32. The van der Waals surface area contributed by atoms with Crippen LogP contribution < -0.4 is 5.32 Å². The molecule has 1 saturated heterocycles. The van der Waals surface area contributed by atoms with E-state index in [0.717, 1.165) is 0 Å². The third kappa shape index (κ3) is 2.14. The Morgan fingerprint density at radius 2 is 2.00 bits per heavy atom. The van der Waals surface area contributed by atoms with Crippen LogP contribution in [-0.2, 0) is 9.59 Å². The van der Waals surface area contributed by atoms with E-state index in [1.807, 2.05) is 27.7 Å². The molecule has 3 heteroatoms. The SMILES string of the molecule is CC(C)CC(=O)[C@H]1NC(=O)[C@H](C)[C@@H]1C. The molecule has 0 aromatic heterocycles. The van der Waals surface area contributed by atoms with Crippen LogP contribution in [0.3, 0.4) is 0 Å². The second kappa shape index (κ2) is 4.11. The van der Waals surface area contributed by atoms with Crippen LogP contribution >= 0.6 is 0 Å². The normalized spacial score (nSPS) is 32.1. The molecule has 1 amide bonds. The van der Waals surface area contributed by atoms with E-state index in [4.69, 9.17) is 0 Å². The van der Waals surface area contributed by atoms with E-state index in [2.05, 4.69) is 5.32 Å². The zero-order chi connectivity index (χ0) is 10.9. The van der Waals surface area contributed by atoms with Crippen molar-refractivity contribution in [3.05, 3.63) is 0 Å². The second-order valence-electron chi connectivity index (χ2n) is 4.70. The number of rotatable bonds is 3. The molecule has 1 aliphatic heterocycles. The van der Waals surface area contributed by atoms with Crippen LogP contribution in [-0.4, -0.2) is 17.7 Å². The number of carbonyl (C=O) groups excluding carboxylic acids is 2. The fraction of sp³-hybridized carbons (Fsp3) is 0.818. The lowest BCUT2D eigenvalue weighted by Gasteiger charge is -2.16. The summed E-state index contributed by atoms with van der Waals surface area (Å²) in [7, 11) is 0. The lowest BCUT2D eigenvalue weighted by Crippen LogP contribution is -2.36. The Labute approximate surface area is 85.3 Å². The number of amides is 1. The lowest BCUT2D eigenvalue weighted by molar-refractivity contribution is -0.125. The highest BCUT2D eigenvalue weighted by Crippen LogP contribution is 2.24. The molecular formula is C11H19NO2. The molecule has 1 N–H and O–H groups in total. The number of hydrogen-bond acceptors (Lipinski definition) is 2. The monoisotopic (exact) mass is 197 g/mol. The van der Waals surface area contributed by atoms with Gasteiger partial charge in [-0.15, -0.1) is 0 Å². The Bertz CT molecular complexity index is 248. The summed E-state index contributed by atoms with van der Waals surface area (Å²) in [6.45, 7) is 7.87. The number of carbonyl (C=O) groups is 2. The van der Waals surface area contributed by atoms with Gasteiger partial charge in [0.15, 0.2) is 5.78 Å². The summed E-state index contributed by atoms with van der Waals surface area (Å²) in [5.74, 6) is 0.650. The van der Waals surface area contributed by atoms with Gasteiger partial charge in [0.1, 0.15) is 0 Å². The average molecular weight is 197 g/mol. The molecule has 1 aliphatic rings. The second-order valence-corrected chi connectivity index (χ2v) is 4.70. The molecule has 0 bridgehead atoms. The van der Waals surface area contributed by atoms with Crippen molar-refractivity contribution in [1.29, 1.82) is 0 Å². The largest absolute Gasteiger partial charge is 0.346 e. The van der Waals surface area contributed by atoms with Gasteiger partial charge in [0.2, 0.25) is 5.91 Å². The van der Waals surface area contributed by atoms with E-state index >= 15 is 0 Å². The van der Waals surface area contributed by atoms with E-state index in [-0.39, 0.29) is 29.6 Å². The number of nitrogens with one attached hydrogen (secondary N) is 1. The molecule has 3 nitrogen and oxygen atoms in total. The standard InChI is InChI=1S/C11H19NO2/c1-6(2)5-9(13)10-7(3)8(4)11(14)12-10/h6-8,10H,5H2,1-4H3,(H,12,14)/t7-,8+,10-/m0/s1. The summed E-state index contributed by atoms with van der Waals surface area (Å²) in [6, 6.07) is -0.250. The summed E-state index contributed by atoms with van der Waals surface area (Å²) in [4.78, 5) is 23.1. The topological polar surface area (TPSA) is 46.2 Å². The maximum Gasteiger partial charge on any atom is 0.223 e. The third-order valence-electron chi connectivity index (χ3n) is 2.98. The van der Waals surface area contributed by atoms with Gasteiger partial charge in [-0.2, -0.15) is 0 Å². The Hall–Kier alpha value is -0.860. The van der Waals surface area contributed by atoms with Gasteiger partial charge in [0.25, 0.3) is 0 Å². The molecule has 0 aliphatic carbocycles. The molecule has 14 heavy (non-hydrogen) atoms. The fourth-order valence-electron chi connectivity index (χ4n) is 1.85. The molecule has 0 saturated carbocycles. The van der Waals surface area contributed by atoms with Crippen molar-refractivity contribution in [3.63, 3.8) is 0 Å². The first-order valence-electron chi connectivity index (χ1n) is 5.26. The Kier molecular flexibility index (Phi) is 3.29. The molecule has 0 aromatic carbocycles. The summed E-state index contributed by atoms with van der Waals surface area (Å²) in [6.07, 6.45) is 0.558. The zero-order valence-electron chi connectivity index (χ0n) is 9.33. The minimum absolute atomic E-state index is 0.0135. The lowest BCUT2D eigenvalue weighted by atomic mass is 9.89. The van der Waals surface area contributed by atoms with Gasteiger partial charge in [-0.1, -0.05) is 27.7 Å². The van der Waals surface area contributed by atoms with E-state index < -0.39 is 0 Å². The molecule has 0 aromatic rings. The first kappa shape index (κ1) is 11.2. The van der Waals surface area contributed by atoms with Crippen molar-refractivity contribution in [1.82, 2.24) is 5.32 Å². The van der Waals surface area contributed by atoms with Crippen LogP contribution in [0.1, 0.15) is 34.1 Å². The van der Waals surface area contributed by atoms with E-state index in [0.29, 0.717) is 12.3 Å². The molecule has 3 atom stereocenters. The summed E-state index contributed by atoms with van der Waals surface area (Å²) in [5, 5.41) is 2.77. The fourth-order valence-corrected chi connectivity index (χ4v) is 1.85. The molecule has 1 fully saturated rings. The molecule has 1 heterocycles. The highest BCUT2D eigenvalue weighted by atomic mass is 16.2. The maximum absolute atomic E-state index is 11.7. The molecule has 0 unspecified atom stereocenters. The molecule has 1 rings (SSSR count). The minimum atomic E-state index is -0.250. The third-order valence-corrected chi connectivity index (χ3v) is 2.98. The highest BCUT2D eigenvalue weighted by molar-refractivity contribution is 5.93. The van der Waals surface area contributed by atoms with Gasteiger partial charge in [-0.25, -0.2) is 0 Å². The Morgan fingerprint density at radius 3 is 2.36 bits per heavy atom. The first-order valence-corrected chi connectivity index (χ1v) is 5.26. The summed E-state index contributed by atoms with van der Waals surface area (Å²) >= 11 is 0. The zero-order valence-corrected chi connectivity index (χ0v) is 9.33. The van der Waals surface area contributed by atoms with Crippen molar-refractivity contribution in [2.45, 2.75) is 40.2 Å². The number of hydrogen-bond donors (Lipinski definition) is 1. The predicted molar refractivity (Wildman–Crippen MR) is 54.7 cm³/mol. The molecule has 80 valence electrons. The van der Waals surface area contributed by atoms with Crippen LogP contribution in [0.4, 0.5) is 0 Å². The van der Waals surface area contributed by atoms with E-state index in [1.54, 1.807) is 0 Å². The smallest absolute Gasteiger partial charge is 0.223 e. The van der Waals surface area contributed by atoms with Crippen molar-refractivity contribution < 1.29 is 9.59 Å². The van der Waals surface area contributed by atoms with Crippen LogP contribution in [0.2, 0.25) is 0 Å². The summed E-state index contributed by atoms with van der Waals surface area (Å²) in [5.41, 5.74) is 0. The van der Waals surface area contributed by atoms with Gasteiger partial charge in [0, 0.05) is 12.3 Å². The molecular weight excluding hydrogens is 178 g/mol. The van der Waals surface area contributed by atoms with Gasteiger partial charge >= 0.3 is 0 Å². The van der Waals surface area contributed by atoms with Crippen LogP contribution in [0.25, 0.3) is 0 Å².